The second-order valence-electron chi connectivity index (χ2n) is 6.76. The van der Waals surface area contributed by atoms with Crippen molar-refractivity contribution in [1.29, 1.82) is 0 Å². The van der Waals surface area contributed by atoms with Crippen molar-refractivity contribution in [2.24, 2.45) is 7.05 Å². The van der Waals surface area contributed by atoms with Crippen LogP contribution in [0.2, 0.25) is 0 Å². The number of hydrogen-bond donors (Lipinski definition) is 1. The predicted octanol–water partition coefficient (Wildman–Crippen LogP) is 3.24. The largest absolute Gasteiger partial charge is 0.379 e. The molecule has 0 amide bonds. The molecule has 1 aromatic carbocycles. The third-order valence-electron chi connectivity index (χ3n) is 5.12. The van der Waals surface area contributed by atoms with E-state index in [2.05, 4.69) is 59.5 Å². The van der Waals surface area contributed by atoms with Gasteiger partial charge in [-0.2, -0.15) is 5.10 Å². The first kappa shape index (κ1) is 16.1. The highest BCUT2D eigenvalue weighted by Crippen LogP contribution is 2.21. The zero-order chi connectivity index (χ0) is 16.2. The number of likely N-dealkylation sites (tertiary alicyclic amines) is 1. The van der Waals surface area contributed by atoms with Crippen LogP contribution in [-0.4, -0.2) is 39.9 Å². The van der Waals surface area contributed by atoms with E-state index in [1.165, 1.54) is 42.9 Å². The van der Waals surface area contributed by atoms with Gasteiger partial charge in [0.25, 0.3) is 0 Å². The Kier molecular flexibility index (Phi) is 5.01. The van der Waals surface area contributed by atoms with Crippen LogP contribution in [0, 0.1) is 6.92 Å². The second kappa shape index (κ2) is 7.18. The third kappa shape index (κ3) is 3.94. The summed E-state index contributed by atoms with van der Waals surface area (Å²) in [6.45, 7) is 6.81. The van der Waals surface area contributed by atoms with E-state index in [-0.39, 0.29) is 0 Å². The van der Waals surface area contributed by atoms with Gasteiger partial charge in [0, 0.05) is 32.2 Å². The predicted molar refractivity (Wildman–Crippen MR) is 95.8 cm³/mol. The van der Waals surface area contributed by atoms with Crippen LogP contribution in [0.1, 0.15) is 31.0 Å². The number of anilines is 1. The van der Waals surface area contributed by atoms with Crippen molar-refractivity contribution in [2.75, 3.05) is 18.4 Å². The van der Waals surface area contributed by atoms with Crippen LogP contribution in [-0.2, 0) is 13.5 Å². The van der Waals surface area contributed by atoms with Gasteiger partial charge in [-0.3, -0.25) is 4.68 Å². The van der Waals surface area contributed by atoms with E-state index in [1.807, 2.05) is 17.9 Å². The molecule has 0 bridgehead atoms. The molecule has 1 aliphatic heterocycles. The molecule has 1 aromatic heterocycles. The molecule has 4 heteroatoms. The minimum absolute atomic E-state index is 0.568. The van der Waals surface area contributed by atoms with Crippen LogP contribution in [0.4, 0.5) is 5.69 Å². The number of hydrogen-bond acceptors (Lipinski definition) is 3. The first-order chi connectivity index (χ1) is 11.1. The van der Waals surface area contributed by atoms with Gasteiger partial charge in [-0.1, -0.05) is 30.3 Å². The average molecular weight is 312 g/mol. The molecule has 2 aromatic rings. The molecule has 1 saturated heterocycles. The summed E-state index contributed by atoms with van der Waals surface area (Å²) in [4.78, 5) is 2.63. The molecular formula is C19H28N4. The molecule has 1 fully saturated rings. The van der Waals surface area contributed by atoms with Crippen molar-refractivity contribution in [3.8, 4) is 0 Å². The van der Waals surface area contributed by atoms with Gasteiger partial charge in [-0.25, -0.2) is 0 Å². The lowest BCUT2D eigenvalue weighted by Gasteiger charge is -2.36. The summed E-state index contributed by atoms with van der Waals surface area (Å²) in [6.07, 6.45) is 5.49. The number of nitrogens with zero attached hydrogens (tertiary/aromatic N) is 3. The van der Waals surface area contributed by atoms with Crippen LogP contribution >= 0.6 is 0 Å². The maximum absolute atomic E-state index is 4.32. The lowest BCUT2D eigenvalue weighted by atomic mass is 10.00. The van der Waals surface area contributed by atoms with Gasteiger partial charge in [0.05, 0.1) is 17.6 Å². The Hall–Kier alpha value is -1.81. The Balaban J connectivity index is 1.49. The highest BCUT2D eigenvalue weighted by molar-refractivity contribution is 5.46. The lowest BCUT2D eigenvalue weighted by molar-refractivity contribution is 0.166. The normalized spacial score (nSPS) is 18.0. The topological polar surface area (TPSA) is 33.1 Å². The average Bonchev–Trinajstić information content (AvgIpc) is 2.88. The SMILES string of the molecule is Cc1c(NC2CCN(C(C)Cc3ccccc3)CC2)cnn1C. The third-order valence-corrected chi connectivity index (χ3v) is 5.12. The van der Waals surface area contributed by atoms with Crippen LogP contribution in [0.3, 0.4) is 0 Å². The summed E-state index contributed by atoms with van der Waals surface area (Å²) >= 11 is 0. The fraction of sp³-hybridized carbons (Fsp3) is 0.526. The van der Waals surface area contributed by atoms with E-state index in [4.69, 9.17) is 0 Å². The number of aromatic nitrogens is 2. The fourth-order valence-electron chi connectivity index (χ4n) is 3.43. The molecule has 0 radical (unpaired) electrons. The second-order valence-corrected chi connectivity index (χ2v) is 6.76. The highest BCUT2D eigenvalue weighted by atomic mass is 15.3. The fourth-order valence-corrected chi connectivity index (χ4v) is 3.43. The number of piperidine rings is 1. The molecule has 0 spiro atoms. The maximum atomic E-state index is 4.32. The molecular weight excluding hydrogens is 284 g/mol. The summed E-state index contributed by atoms with van der Waals surface area (Å²) in [5.74, 6) is 0. The molecule has 3 rings (SSSR count). The van der Waals surface area contributed by atoms with Crippen LogP contribution in [0.25, 0.3) is 0 Å². The Morgan fingerprint density at radius 1 is 1.22 bits per heavy atom. The molecule has 1 N–H and O–H groups in total. The molecule has 0 saturated carbocycles. The minimum atomic E-state index is 0.568. The summed E-state index contributed by atoms with van der Waals surface area (Å²) < 4.78 is 1.93. The Bertz CT molecular complexity index is 612. The molecule has 23 heavy (non-hydrogen) atoms. The highest BCUT2D eigenvalue weighted by Gasteiger charge is 2.23. The van der Waals surface area contributed by atoms with Gasteiger partial charge in [-0.15, -0.1) is 0 Å². The lowest BCUT2D eigenvalue weighted by Crippen LogP contribution is -2.44. The van der Waals surface area contributed by atoms with Crippen molar-refractivity contribution >= 4 is 5.69 Å². The number of benzene rings is 1. The zero-order valence-electron chi connectivity index (χ0n) is 14.5. The van der Waals surface area contributed by atoms with Crippen molar-refractivity contribution in [3.05, 3.63) is 47.8 Å². The van der Waals surface area contributed by atoms with E-state index in [0.717, 1.165) is 6.42 Å². The standard InChI is InChI=1S/C19H28N4/c1-15(13-17-7-5-4-6-8-17)23-11-9-18(10-12-23)21-19-14-20-22(3)16(19)2/h4-8,14-15,18,21H,9-13H2,1-3H3. The maximum Gasteiger partial charge on any atom is 0.0758 e. The number of nitrogens with one attached hydrogen (secondary N) is 1. The Morgan fingerprint density at radius 3 is 2.52 bits per heavy atom. The monoisotopic (exact) mass is 312 g/mol. The molecule has 1 unspecified atom stereocenters. The summed E-state index contributed by atoms with van der Waals surface area (Å²) in [7, 11) is 1.99. The van der Waals surface area contributed by atoms with Gasteiger partial charge in [0.1, 0.15) is 0 Å². The molecule has 1 atom stereocenters. The Labute approximate surface area is 139 Å². The van der Waals surface area contributed by atoms with Crippen molar-refractivity contribution < 1.29 is 0 Å². The first-order valence-electron chi connectivity index (χ1n) is 8.66. The Morgan fingerprint density at radius 2 is 1.91 bits per heavy atom. The van der Waals surface area contributed by atoms with Crippen LogP contribution in [0.5, 0.6) is 0 Å². The number of aryl methyl sites for hydroxylation is 1. The smallest absolute Gasteiger partial charge is 0.0758 e. The van der Waals surface area contributed by atoms with Crippen molar-refractivity contribution in [2.45, 2.75) is 45.2 Å². The van der Waals surface area contributed by atoms with Crippen molar-refractivity contribution in [1.82, 2.24) is 14.7 Å². The summed E-state index contributed by atoms with van der Waals surface area (Å²) in [6, 6.07) is 12.0. The van der Waals surface area contributed by atoms with E-state index < -0.39 is 0 Å². The first-order valence-corrected chi connectivity index (χ1v) is 8.66. The summed E-state index contributed by atoms with van der Waals surface area (Å²) in [5.41, 5.74) is 3.83. The summed E-state index contributed by atoms with van der Waals surface area (Å²) in [5, 5.41) is 7.98. The molecule has 4 nitrogen and oxygen atoms in total. The zero-order valence-corrected chi connectivity index (χ0v) is 14.5. The molecule has 0 aliphatic carbocycles. The van der Waals surface area contributed by atoms with Crippen molar-refractivity contribution in [3.63, 3.8) is 0 Å². The van der Waals surface area contributed by atoms with E-state index in [1.54, 1.807) is 0 Å². The van der Waals surface area contributed by atoms with E-state index >= 15 is 0 Å². The van der Waals surface area contributed by atoms with Crippen LogP contribution in [0.15, 0.2) is 36.5 Å². The van der Waals surface area contributed by atoms with Gasteiger partial charge in [-0.05, 0) is 38.7 Å². The quantitative estimate of drug-likeness (QED) is 0.920. The van der Waals surface area contributed by atoms with Gasteiger partial charge in [0.15, 0.2) is 0 Å². The molecule has 2 heterocycles. The molecule has 1 aliphatic rings. The van der Waals surface area contributed by atoms with Gasteiger partial charge in [0.2, 0.25) is 0 Å². The van der Waals surface area contributed by atoms with Gasteiger partial charge >= 0.3 is 0 Å². The van der Waals surface area contributed by atoms with Crippen LogP contribution < -0.4 is 5.32 Å². The van der Waals surface area contributed by atoms with E-state index in [0.29, 0.717) is 12.1 Å². The number of rotatable bonds is 5. The van der Waals surface area contributed by atoms with Gasteiger partial charge < -0.3 is 10.2 Å². The van der Waals surface area contributed by atoms with E-state index in [9.17, 15) is 0 Å². The molecule has 124 valence electrons. The minimum Gasteiger partial charge on any atom is -0.379 e.